The van der Waals surface area contributed by atoms with Gasteiger partial charge in [-0.2, -0.15) is 0 Å². The van der Waals surface area contributed by atoms with Crippen LogP contribution in [0.15, 0.2) is 17.5 Å². The lowest BCUT2D eigenvalue weighted by molar-refractivity contribution is -0.170. The number of ether oxygens (including phenoxy) is 1. The first-order valence-corrected chi connectivity index (χ1v) is 10.2. The second-order valence-electron chi connectivity index (χ2n) is 7.83. The van der Waals surface area contributed by atoms with Crippen LogP contribution in [0.3, 0.4) is 0 Å². The van der Waals surface area contributed by atoms with E-state index in [1.54, 1.807) is 11.3 Å². The summed E-state index contributed by atoms with van der Waals surface area (Å²) in [5, 5.41) is 5.26. The van der Waals surface area contributed by atoms with Crippen molar-refractivity contribution in [3.8, 4) is 0 Å². The molecule has 1 amide bonds. The quantitative estimate of drug-likeness (QED) is 0.685. The van der Waals surface area contributed by atoms with Gasteiger partial charge in [0, 0.05) is 29.9 Å². The van der Waals surface area contributed by atoms with Gasteiger partial charge in [-0.25, -0.2) is 0 Å². The van der Waals surface area contributed by atoms with Crippen LogP contribution >= 0.6 is 36.2 Å². The molecule has 156 valence electrons. The molecule has 0 radical (unpaired) electrons. The van der Waals surface area contributed by atoms with E-state index in [9.17, 15) is 4.79 Å². The van der Waals surface area contributed by atoms with Gasteiger partial charge in [-0.05, 0) is 44.3 Å². The number of carbonyl (C=O) groups excluding carboxylic acids is 1. The van der Waals surface area contributed by atoms with E-state index in [0.717, 1.165) is 13.1 Å². The maximum atomic E-state index is 12.9. The molecule has 0 aromatic carbocycles. The van der Waals surface area contributed by atoms with Crippen LogP contribution in [0, 0.1) is 5.41 Å². The monoisotopic (exact) mass is 437 g/mol. The first-order valence-electron chi connectivity index (χ1n) is 9.36. The van der Waals surface area contributed by atoms with Crippen molar-refractivity contribution in [2.75, 3.05) is 26.2 Å². The minimum absolute atomic E-state index is 0. The Bertz CT molecular complexity index is 594. The Hall–Kier alpha value is -0.370. The molecule has 3 N–H and O–H groups in total. The molecule has 3 unspecified atom stereocenters. The van der Waals surface area contributed by atoms with Crippen LogP contribution in [-0.4, -0.2) is 48.7 Å². The van der Waals surface area contributed by atoms with E-state index >= 15 is 0 Å². The van der Waals surface area contributed by atoms with Gasteiger partial charge in [0.15, 0.2) is 0 Å². The molecule has 3 atom stereocenters. The zero-order valence-electron chi connectivity index (χ0n) is 16.4. The van der Waals surface area contributed by atoms with Crippen LogP contribution in [0.4, 0.5) is 0 Å². The number of hydrogen-bond acceptors (Lipinski definition) is 5. The molecule has 1 aromatic heterocycles. The lowest BCUT2D eigenvalue weighted by Crippen LogP contribution is -2.76. The fourth-order valence-corrected chi connectivity index (χ4v) is 4.97. The predicted octanol–water partition coefficient (Wildman–Crippen LogP) is 3.38. The molecule has 0 bridgehead atoms. The maximum absolute atomic E-state index is 12.9. The Labute approximate surface area is 179 Å². The van der Waals surface area contributed by atoms with Crippen LogP contribution in [0.25, 0.3) is 0 Å². The smallest absolute Gasteiger partial charge is 0.240 e. The summed E-state index contributed by atoms with van der Waals surface area (Å²) in [4.78, 5) is 16.7. The summed E-state index contributed by atoms with van der Waals surface area (Å²) >= 11 is 1.76. The van der Waals surface area contributed by atoms with E-state index < -0.39 is 5.54 Å². The number of likely N-dealkylation sites (tertiary alicyclic amines) is 1. The van der Waals surface area contributed by atoms with Gasteiger partial charge < -0.3 is 15.8 Å². The van der Waals surface area contributed by atoms with Gasteiger partial charge >= 0.3 is 0 Å². The molecule has 1 aliphatic carbocycles. The average Bonchev–Trinajstić information content (AvgIpc) is 3.28. The van der Waals surface area contributed by atoms with E-state index in [0.29, 0.717) is 19.6 Å². The molecule has 2 heterocycles. The van der Waals surface area contributed by atoms with Crippen LogP contribution in [0.5, 0.6) is 0 Å². The topological polar surface area (TPSA) is 67.6 Å². The molecule has 27 heavy (non-hydrogen) atoms. The van der Waals surface area contributed by atoms with Crippen molar-refractivity contribution in [1.29, 1.82) is 0 Å². The number of carbonyl (C=O) groups is 1. The third-order valence-corrected chi connectivity index (χ3v) is 7.12. The third-order valence-electron chi connectivity index (χ3n) is 6.14. The highest BCUT2D eigenvalue weighted by Gasteiger charge is 2.62. The molecule has 1 aliphatic heterocycles. The van der Waals surface area contributed by atoms with E-state index in [2.05, 4.69) is 27.7 Å². The normalized spacial score (nSPS) is 27.8. The first-order chi connectivity index (χ1) is 11.9. The van der Waals surface area contributed by atoms with Crippen LogP contribution in [0.1, 0.15) is 51.0 Å². The molecule has 3 rings (SSSR count). The summed E-state index contributed by atoms with van der Waals surface area (Å²) in [6.45, 7) is 9.53. The lowest BCUT2D eigenvalue weighted by atomic mass is 9.54. The van der Waals surface area contributed by atoms with E-state index in [1.807, 2.05) is 20.8 Å². The van der Waals surface area contributed by atoms with Gasteiger partial charge in [0.25, 0.3) is 0 Å². The highest BCUT2D eigenvalue weighted by Crippen LogP contribution is 2.49. The number of nitrogens with two attached hydrogens (primary N) is 1. The second-order valence-corrected chi connectivity index (χ2v) is 8.80. The van der Waals surface area contributed by atoms with Gasteiger partial charge in [-0.3, -0.25) is 9.69 Å². The predicted molar refractivity (Wildman–Crippen MR) is 116 cm³/mol. The van der Waals surface area contributed by atoms with Crippen molar-refractivity contribution < 1.29 is 9.53 Å². The highest BCUT2D eigenvalue weighted by molar-refractivity contribution is 7.10. The number of nitrogens with zero attached hydrogens (tertiary/aromatic N) is 1. The summed E-state index contributed by atoms with van der Waals surface area (Å²) in [7, 11) is 0. The molecule has 2 aliphatic rings. The zero-order chi connectivity index (χ0) is 18.1. The summed E-state index contributed by atoms with van der Waals surface area (Å²) in [5.74, 6) is -0.0470. The van der Waals surface area contributed by atoms with Crippen LogP contribution in [-0.2, 0) is 9.53 Å². The lowest BCUT2D eigenvalue weighted by Gasteiger charge is -2.57. The third kappa shape index (κ3) is 4.62. The second kappa shape index (κ2) is 9.90. The minimum atomic E-state index is -0.849. The van der Waals surface area contributed by atoms with E-state index in [1.165, 1.54) is 17.7 Å². The summed E-state index contributed by atoms with van der Waals surface area (Å²) in [6.07, 6.45) is 3.12. The number of halogens is 2. The fourth-order valence-electron chi connectivity index (χ4n) is 4.11. The Morgan fingerprint density at radius 2 is 2.07 bits per heavy atom. The fraction of sp³-hybridized carbons (Fsp3) is 0.737. The number of nitrogens with one attached hydrogen (secondary N) is 1. The van der Waals surface area contributed by atoms with Crippen molar-refractivity contribution in [1.82, 2.24) is 10.2 Å². The van der Waals surface area contributed by atoms with Gasteiger partial charge in [0.2, 0.25) is 5.91 Å². The number of hydrogen-bond donors (Lipinski definition) is 2. The Morgan fingerprint density at radius 1 is 1.41 bits per heavy atom. The number of thiophene rings is 1. The van der Waals surface area contributed by atoms with Crippen molar-refractivity contribution in [2.45, 2.75) is 57.7 Å². The van der Waals surface area contributed by atoms with Crippen molar-refractivity contribution in [3.05, 3.63) is 22.4 Å². The van der Waals surface area contributed by atoms with Crippen molar-refractivity contribution in [3.63, 3.8) is 0 Å². The molecule has 5 nitrogen and oxygen atoms in total. The molecule has 0 spiro atoms. The standard InChI is InChI=1S/C19H31N3O2S.2ClH/c1-4-24-16-12-19(20,18(16,2)3)17(23)21-13-14(15-8-7-11-25-15)22-9-5-6-10-22;;/h7-8,11,14,16H,4-6,9-10,12-13,20H2,1-3H3,(H,21,23);2*1H. The summed E-state index contributed by atoms with van der Waals surface area (Å²) < 4.78 is 5.74. The molecule has 1 aromatic rings. The van der Waals surface area contributed by atoms with Gasteiger partial charge in [0.05, 0.1) is 12.1 Å². The van der Waals surface area contributed by atoms with Gasteiger partial charge in [-0.1, -0.05) is 19.9 Å². The van der Waals surface area contributed by atoms with Crippen LogP contribution in [0.2, 0.25) is 0 Å². The van der Waals surface area contributed by atoms with E-state index in [-0.39, 0.29) is 48.3 Å². The Kier molecular flexibility index (Phi) is 9.04. The molecule has 2 fully saturated rings. The van der Waals surface area contributed by atoms with Crippen LogP contribution < -0.4 is 11.1 Å². The minimum Gasteiger partial charge on any atom is -0.378 e. The first kappa shape index (κ1) is 24.7. The number of amides is 1. The average molecular weight is 438 g/mol. The number of rotatable bonds is 7. The van der Waals surface area contributed by atoms with E-state index in [4.69, 9.17) is 10.5 Å². The Balaban J connectivity index is 0.00000182. The SMILES string of the molecule is CCOC1CC(N)(C(=O)NCC(c2cccs2)N2CCCC2)C1(C)C.Cl.Cl. The van der Waals surface area contributed by atoms with Gasteiger partial charge in [0.1, 0.15) is 5.54 Å². The molecule has 8 heteroatoms. The van der Waals surface area contributed by atoms with Crippen molar-refractivity contribution >= 4 is 42.1 Å². The van der Waals surface area contributed by atoms with Gasteiger partial charge in [-0.15, -0.1) is 36.2 Å². The maximum Gasteiger partial charge on any atom is 0.240 e. The van der Waals surface area contributed by atoms with Crippen molar-refractivity contribution in [2.24, 2.45) is 11.1 Å². The largest absolute Gasteiger partial charge is 0.378 e. The molecule has 1 saturated carbocycles. The molecular formula is C19H33Cl2N3O2S. The summed E-state index contributed by atoms with van der Waals surface area (Å²) in [5.41, 5.74) is 5.30. The molecule has 1 saturated heterocycles. The Morgan fingerprint density at radius 3 is 2.59 bits per heavy atom. The molecular weight excluding hydrogens is 405 g/mol. The highest BCUT2D eigenvalue weighted by atomic mass is 35.5. The summed E-state index contributed by atoms with van der Waals surface area (Å²) in [6, 6.07) is 4.49. The zero-order valence-corrected chi connectivity index (χ0v) is 18.9.